The molecule has 0 atom stereocenters. The van der Waals surface area contributed by atoms with E-state index in [4.69, 9.17) is 0 Å². The van der Waals surface area contributed by atoms with Gasteiger partial charge in [-0.15, -0.1) is 0 Å². The first-order chi connectivity index (χ1) is 7.48. The van der Waals surface area contributed by atoms with Gasteiger partial charge in [-0.3, -0.25) is 0 Å². The van der Waals surface area contributed by atoms with Crippen LogP contribution in [0.1, 0.15) is 69.1 Å². The molecule has 1 aromatic rings. The highest BCUT2D eigenvalue weighted by molar-refractivity contribution is 5.38. The number of rotatable bonds is 1. The normalized spacial score (nSPS) is 18.0. The van der Waals surface area contributed by atoms with Gasteiger partial charge in [0, 0.05) is 0 Å². The van der Waals surface area contributed by atoms with Crippen LogP contribution in [-0.4, -0.2) is 0 Å². The molecule has 16 heavy (non-hydrogen) atoms. The van der Waals surface area contributed by atoms with E-state index >= 15 is 0 Å². The maximum atomic E-state index is 2.43. The number of aryl methyl sites for hydroxylation is 1. The second-order valence-corrected chi connectivity index (χ2v) is 6.32. The van der Waals surface area contributed by atoms with Crippen LogP contribution >= 0.6 is 0 Å². The molecule has 2 rings (SSSR count). The van der Waals surface area contributed by atoms with Gasteiger partial charge in [-0.05, 0) is 42.2 Å². The highest BCUT2D eigenvalue weighted by atomic mass is 14.3. The Morgan fingerprint density at radius 2 is 1.69 bits per heavy atom. The molecular weight excluding hydrogens is 192 g/mol. The van der Waals surface area contributed by atoms with Crippen molar-refractivity contribution in [2.75, 3.05) is 0 Å². The van der Waals surface area contributed by atoms with Crippen LogP contribution in [0.5, 0.6) is 0 Å². The Morgan fingerprint density at radius 3 is 2.25 bits per heavy atom. The van der Waals surface area contributed by atoms with Crippen LogP contribution in [0.3, 0.4) is 0 Å². The molecule has 0 heteroatoms. The Kier molecular flexibility index (Phi) is 3.10. The average Bonchev–Trinajstić information content (AvgIpc) is 2.68. The third-order valence-electron chi connectivity index (χ3n) is 3.81. The van der Waals surface area contributed by atoms with Crippen LogP contribution in [0.2, 0.25) is 0 Å². The topological polar surface area (TPSA) is 0 Å². The van der Waals surface area contributed by atoms with Crippen LogP contribution in [-0.2, 0) is 5.41 Å². The molecule has 1 saturated carbocycles. The van der Waals surface area contributed by atoms with Crippen molar-refractivity contribution in [3.63, 3.8) is 0 Å². The Bertz CT molecular complexity index is 362. The number of hydrogen-bond donors (Lipinski definition) is 0. The molecule has 1 aliphatic rings. The molecular formula is C16H24. The van der Waals surface area contributed by atoms with Crippen molar-refractivity contribution in [2.45, 2.75) is 64.7 Å². The molecule has 0 N–H and O–H groups in total. The van der Waals surface area contributed by atoms with Gasteiger partial charge in [0.2, 0.25) is 0 Å². The molecule has 0 aliphatic heterocycles. The molecule has 0 heterocycles. The quantitative estimate of drug-likeness (QED) is 0.623. The Balaban J connectivity index is 2.43. The van der Waals surface area contributed by atoms with Crippen molar-refractivity contribution >= 4 is 0 Å². The molecule has 1 aliphatic carbocycles. The van der Waals surface area contributed by atoms with E-state index < -0.39 is 0 Å². The van der Waals surface area contributed by atoms with Crippen LogP contribution in [0.15, 0.2) is 18.2 Å². The summed E-state index contributed by atoms with van der Waals surface area (Å²) < 4.78 is 0. The van der Waals surface area contributed by atoms with Gasteiger partial charge in [-0.25, -0.2) is 0 Å². The number of hydrogen-bond acceptors (Lipinski definition) is 0. The monoisotopic (exact) mass is 216 g/mol. The standard InChI is InChI=1S/C16H24/c1-12-9-10-15(16(2,3)4)14(11-12)13-7-5-6-8-13/h9-11,13H,5-8H2,1-4H3. The van der Waals surface area contributed by atoms with Crippen molar-refractivity contribution < 1.29 is 0 Å². The van der Waals surface area contributed by atoms with E-state index in [1.165, 1.54) is 31.2 Å². The molecule has 0 spiro atoms. The molecule has 88 valence electrons. The fraction of sp³-hybridized carbons (Fsp3) is 0.625. The summed E-state index contributed by atoms with van der Waals surface area (Å²) in [6.45, 7) is 9.20. The summed E-state index contributed by atoms with van der Waals surface area (Å²) in [7, 11) is 0. The molecule has 0 aromatic heterocycles. The van der Waals surface area contributed by atoms with Gasteiger partial charge in [-0.1, -0.05) is 57.4 Å². The summed E-state index contributed by atoms with van der Waals surface area (Å²) in [5, 5.41) is 0. The van der Waals surface area contributed by atoms with Crippen LogP contribution < -0.4 is 0 Å². The van der Waals surface area contributed by atoms with E-state index in [2.05, 4.69) is 45.9 Å². The second kappa shape index (κ2) is 4.24. The molecule has 0 nitrogen and oxygen atoms in total. The fourth-order valence-electron chi connectivity index (χ4n) is 2.94. The summed E-state index contributed by atoms with van der Waals surface area (Å²) in [4.78, 5) is 0. The lowest BCUT2D eigenvalue weighted by Gasteiger charge is -2.26. The third-order valence-corrected chi connectivity index (χ3v) is 3.81. The highest BCUT2D eigenvalue weighted by Crippen LogP contribution is 2.39. The zero-order valence-electron chi connectivity index (χ0n) is 11.1. The molecule has 0 radical (unpaired) electrons. The fourth-order valence-corrected chi connectivity index (χ4v) is 2.94. The van der Waals surface area contributed by atoms with Crippen molar-refractivity contribution in [1.29, 1.82) is 0 Å². The van der Waals surface area contributed by atoms with Gasteiger partial charge in [-0.2, -0.15) is 0 Å². The zero-order valence-corrected chi connectivity index (χ0v) is 11.1. The van der Waals surface area contributed by atoms with Crippen LogP contribution in [0, 0.1) is 6.92 Å². The lowest BCUT2D eigenvalue weighted by molar-refractivity contribution is 0.568. The van der Waals surface area contributed by atoms with Crippen molar-refractivity contribution in [3.8, 4) is 0 Å². The smallest absolute Gasteiger partial charge is 0.0129 e. The minimum atomic E-state index is 0.283. The van der Waals surface area contributed by atoms with Crippen molar-refractivity contribution in [1.82, 2.24) is 0 Å². The van der Waals surface area contributed by atoms with Gasteiger partial charge in [0.15, 0.2) is 0 Å². The van der Waals surface area contributed by atoms with Gasteiger partial charge in [0.25, 0.3) is 0 Å². The molecule has 1 fully saturated rings. The summed E-state index contributed by atoms with van der Waals surface area (Å²) >= 11 is 0. The molecule has 1 aromatic carbocycles. The second-order valence-electron chi connectivity index (χ2n) is 6.32. The maximum absolute atomic E-state index is 2.43. The summed E-state index contributed by atoms with van der Waals surface area (Å²) in [6.07, 6.45) is 5.63. The van der Waals surface area contributed by atoms with Crippen LogP contribution in [0.25, 0.3) is 0 Å². The predicted molar refractivity (Wildman–Crippen MR) is 71.1 cm³/mol. The summed E-state index contributed by atoms with van der Waals surface area (Å²) in [5.41, 5.74) is 4.89. The Labute approximate surface area is 100 Å². The summed E-state index contributed by atoms with van der Waals surface area (Å²) in [5.74, 6) is 0.828. The lowest BCUT2D eigenvalue weighted by Crippen LogP contribution is -2.15. The minimum absolute atomic E-state index is 0.283. The SMILES string of the molecule is Cc1ccc(C(C)(C)C)c(C2CCCC2)c1. The van der Waals surface area contributed by atoms with Crippen molar-refractivity contribution in [3.05, 3.63) is 34.9 Å². The number of benzene rings is 1. The van der Waals surface area contributed by atoms with Crippen LogP contribution in [0.4, 0.5) is 0 Å². The van der Waals surface area contributed by atoms with Gasteiger partial charge in [0.05, 0.1) is 0 Å². The highest BCUT2D eigenvalue weighted by Gasteiger charge is 2.24. The Hall–Kier alpha value is -0.780. The third kappa shape index (κ3) is 2.31. The minimum Gasteiger partial charge on any atom is -0.0590 e. The average molecular weight is 216 g/mol. The molecule has 0 unspecified atom stereocenters. The summed E-state index contributed by atoms with van der Waals surface area (Å²) in [6, 6.07) is 7.04. The molecule has 0 saturated heterocycles. The van der Waals surface area contributed by atoms with E-state index in [0.29, 0.717) is 0 Å². The van der Waals surface area contributed by atoms with Crippen molar-refractivity contribution in [2.24, 2.45) is 0 Å². The largest absolute Gasteiger partial charge is 0.0590 e. The van der Waals surface area contributed by atoms with Gasteiger partial charge in [0.1, 0.15) is 0 Å². The van der Waals surface area contributed by atoms with E-state index in [1.807, 2.05) is 0 Å². The van der Waals surface area contributed by atoms with Gasteiger partial charge < -0.3 is 0 Å². The molecule has 0 bridgehead atoms. The van der Waals surface area contributed by atoms with E-state index in [1.54, 1.807) is 11.1 Å². The first-order valence-corrected chi connectivity index (χ1v) is 6.59. The Morgan fingerprint density at radius 1 is 1.06 bits per heavy atom. The first kappa shape index (κ1) is 11.7. The van der Waals surface area contributed by atoms with E-state index in [9.17, 15) is 0 Å². The van der Waals surface area contributed by atoms with E-state index in [-0.39, 0.29) is 5.41 Å². The molecule has 0 amide bonds. The lowest BCUT2D eigenvalue weighted by atomic mass is 9.79. The maximum Gasteiger partial charge on any atom is -0.0129 e. The predicted octanol–water partition coefficient (Wildman–Crippen LogP) is 4.95. The first-order valence-electron chi connectivity index (χ1n) is 6.59. The van der Waals surface area contributed by atoms with Gasteiger partial charge >= 0.3 is 0 Å². The zero-order chi connectivity index (χ0) is 11.8. The van der Waals surface area contributed by atoms with E-state index in [0.717, 1.165) is 5.92 Å².